The fourth-order valence-electron chi connectivity index (χ4n) is 2.74. The van der Waals surface area contributed by atoms with E-state index in [0.29, 0.717) is 9.23 Å². The van der Waals surface area contributed by atoms with Crippen LogP contribution >= 0.6 is 24.0 Å². The standard InChI is InChI=1S/C21H18N2O5S2/c1-3-13(2)22-19(24)18(30-21(22)29)11-14-7-9-17(10-8-14)28-20(25)15-5-4-6-16(12-15)23(26)27/h4-13H,3H2,1-2H3/b18-11-/t13-/m0/s1. The quantitative estimate of drug-likeness (QED) is 0.158. The number of thiocarbonyl (C=S) groups is 1. The van der Waals surface area contributed by atoms with Gasteiger partial charge in [-0.25, -0.2) is 4.79 Å². The predicted octanol–water partition coefficient (Wildman–Crippen LogP) is 4.81. The third kappa shape index (κ3) is 4.74. The summed E-state index contributed by atoms with van der Waals surface area (Å²) < 4.78 is 5.82. The predicted molar refractivity (Wildman–Crippen MR) is 119 cm³/mol. The highest BCUT2D eigenvalue weighted by molar-refractivity contribution is 8.26. The van der Waals surface area contributed by atoms with Gasteiger partial charge in [0, 0.05) is 18.2 Å². The zero-order valence-electron chi connectivity index (χ0n) is 16.2. The lowest BCUT2D eigenvalue weighted by Gasteiger charge is -2.21. The molecular formula is C21H18N2O5S2. The summed E-state index contributed by atoms with van der Waals surface area (Å²) in [7, 11) is 0. The smallest absolute Gasteiger partial charge is 0.343 e. The molecule has 0 bridgehead atoms. The number of hydrogen-bond acceptors (Lipinski definition) is 7. The van der Waals surface area contributed by atoms with Gasteiger partial charge in [0.2, 0.25) is 0 Å². The molecule has 0 spiro atoms. The molecule has 0 unspecified atom stereocenters. The lowest BCUT2D eigenvalue weighted by atomic mass is 10.2. The van der Waals surface area contributed by atoms with Gasteiger partial charge < -0.3 is 4.74 Å². The van der Waals surface area contributed by atoms with Crippen LogP contribution < -0.4 is 4.74 Å². The Kier molecular flexibility index (Phi) is 6.63. The Labute approximate surface area is 182 Å². The van der Waals surface area contributed by atoms with Gasteiger partial charge in [0.15, 0.2) is 0 Å². The Hall–Kier alpha value is -3.04. The number of nitro groups is 1. The van der Waals surface area contributed by atoms with Crippen molar-refractivity contribution in [2.45, 2.75) is 26.3 Å². The lowest BCUT2D eigenvalue weighted by Crippen LogP contribution is -2.36. The first-order valence-corrected chi connectivity index (χ1v) is 10.4. The number of non-ortho nitro benzene ring substituents is 1. The van der Waals surface area contributed by atoms with Gasteiger partial charge in [0.1, 0.15) is 10.1 Å². The van der Waals surface area contributed by atoms with Crippen molar-refractivity contribution in [1.82, 2.24) is 4.90 Å². The Morgan fingerprint density at radius 2 is 2.00 bits per heavy atom. The first-order chi connectivity index (χ1) is 14.3. The second kappa shape index (κ2) is 9.19. The van der Waals surface area contributed by atoms with Crippen LogP contribution in [0.15, 0.2) is 53.4 Å². The second-order valence-corrected chi connectivity index (χ2v) is 8.25. The Morgan fingerprint density at radius 3 is 2.63 bits per heavy atom. The second-order valence-electron chi connectivity index (χ2n) is 6.57. The number of carbonyl (C=O) groups excluding carboxylic acids is 2. The molecule has 1 aliphatic heterocycles. The van der Waals surface area contributed by atoms with Gasteiger partial charge in [0.25, 0.3) is 11.6 Å². The molecule has 2 aromatic carbocycles. The minimum Gasteiger partial charge on any atom is -0.423 e. The van der Waals surface area contributed by atoms with Gasteiger partial charge in [-0.1, -0.05) is 49.1 Å². The van der Waals surface area contributed by atoms with Crippen molar-refractivity contribution < 1.29 is 19.2 Å². The average molecular weight is 443 g/mol. The molecule has 0 saturated carbocycles. The van der Waals surface area contributed by atoms with E-state index in [1.807, 2.05) is 13.8 Å². The SMILES string of the molecule is CC[C@H](C)N1C(=O)/C(=C/c2ccc(OC(=O)c3cccc([N+](=O)[O-])c3)cc2)SC1=S. The summed E-state index contributed by atoms with van der Waals surface area (Å²) in [5.74, 6) is -0.516. The van der Waals surface area contributed by atoms with Crippen molar-refractivity contribution in [2.24, 2.45) is 0 Å². The molecule has 0 aliphatic carbocycles. The summed E-state index contributed by atoms with van der Waals surface area (Å²) in [6.07, 6.45) is 2.55. The molecule has 0 N–H and O–H groups in total. The Bertz CT molecular complexity index is 1050. The van der Waals surface area contributed by atoms with E-state index >= 15 is 0 Å². The molecule has 1 fully saturated rings. The summed E-state index contributed by atoms with van der Waals surface area (Å²) in [6, 6.07) is 12.0. The van der Waals surface area contributed by atoms with Gasteiger partial charge >= 0.3 is 5.97 Å². The number of hydrogen-bond donors (Lipinski definition) is 0. The molecule has 30 heavy (non-hydrogen) atoms. The fourth-order valence-corrected chi connectivity index (χ4v) is 4.20. The van der Waals surface area contributed by atoms with Gasteiger partial charge in [-0.05, 0) is 43.2 Å². The van der Waals surface area contributed by atoms with E-state index in [-0.39, 0.29) is 28.9 Å². The summed E-state index contributed by atoms with van der Waals surface area (Å²) >= 11 is 6.59. The molecule has 0 aromatic heterocycles. The van der Waals surface area contributed by atoms with Gasteiger partial charge in [-0.3, -0.25) is 19.8 Å². The maximum atomic E-state index is 12.6. The molecule has 1 saturated heterocycles. The number of rotatable bonds is 6. The van der Waals surface area contributed by atoms with E-state index in [1.54, 1.807) is 35.2 Å². The number of thioether (sulfide) groups is 1. The van der Waals surface area contributed by atoms with Crippen molar-refractivity contribution in [3.8, 4) is 5.75 Å². The van der Waals surface area contributed by atoms with Crippen LogP contribution in [-0.4, -0.2) is 32.1 Å². The monoisotopic (exact) mass is 442 g/mol. The van der Waals surface area contributed by atoms with Gasteiger partial charge in [0.05, 0.1) is 15.4 Å². The largest absolute Gasteiger partial charge is 0.423 e. The highest BCUT2D eigenvalue weighted by Crippen LogP contribution is 2.34. The maximum absolute atomic E-state index is 12.6. The molecule has 1 atom stereocenters. The maximum Gasteiger partial charge on any atom is 0.343 e. The number of esters is 1. The van der Waals surface area contributed by atoms with Crippen LogP contribution in [0.25, 0.3) is 6.08 Å². The lowest BCUT2D eigenvalue weighted by molar-refractivity contribution is -0.384. The third-order valence-corrected chi connectivity index (χ3v) is 5.87. The van der Waals surface area contributed by atoms with Crippen molar-refractivity contribution in [3.05, 3.63) is 74.7 Å². The molecule has 9 heteroatoms. The van der Waals surface area contributed by atoms with Crippen molar-refractivity contribution >= 4 is 51.9 Å². The fraction of sp³-hybridized carbons (Fsp3) is 0.190. The summed E-state index contributed by atoms with van der Waals surface area (Å²) in [5, 5.41) is 10.8. The van der Waals surface area contributed by atoms with Crippen LogP contribution in [-0.2, 0) is 4.79 Å². The summed E-state index contributed by atoms with van der Waals surface area (Å²) in [5.41, 5.74) is 0.659. The number of ether oxygens (including phenoxy) is 1. The van der Waals surface area contributed by atoms with E-state index in [2.05, 4.69) is 0 Å². The first-order valence-electron chi connectivity index (χ1n) is 9.14. The molecule has 7 nitrogen and oxygen atoms in total. The zero-order valence-corrected chi connectivity index (χ0v) is 17.9. The van der Waals surface area contributed by atoms with Crippen LogP contribution in [0.4, 0.5) is 5.69 Å². The minimum atomic E-state index is -0.694. The molecule has 154 valence electrons. The third-order valence-electron chi connectivity index (χ3n) is 4.54. The van der Waals surface area contributed by atoms with Crippen LogP contribution in [0.1, 0.15) is 36.2 Å². The van der Waals surface area contributed by atoms with E-state index in [4.69, 9.17) is 17.0 Å². The summed E-state index contributed by atoms with van der Waals surface area (Å²) in [6.45, 7) is 3.96. The van der Waals surface area contributed by atoms with Crippen LogP contribution in [0.5, 0.6) is 5.75 Å². The molecule has 1 amide bonds. The van der Waals surface area contributed by atoms with E-state index in [9.17, 15) is 19.7 Å². The molecule has 1 aliphatic rings. The first kappa shape index (κ1) is 21.7. The average Bonchev–Trinajstić information content (AvgIpc) is 3.01. The highest BCUT2D eigenvalue weighted by atomic mass is 32.2. The molecule has 1 heterocycles. The number of nitro benzene ring substituents is 1. The van der Waals surface area contributed by atoms with Crippen LogP contribution in [0, 0.1) is 10.1 Å². The number of carbonyl (C=O) groups is 2. The van der Waals surface area contributed by atoms with Crippen molar-refractivity contribution in [1.29, 1.82) is 0 Å². The summed E-state index contributed by atoms with van der Waals surface area (Å²) in [4.78, 5) is 37.3. The van der Waals surface area contributed by atoms with Crippen LogP contribution in [0.2, 0.25) is 0 Å². The number of amides is 1. The molecule has 0 radical (unpaired) electrons. The van der Waals surface area contributed by atoms with Crippen LogP contribution in [0.3, 0.4) is 0 Å². The normalized spacial score (nSPS) is 16.1. The molecular weight excluding hydrogens is 424 g/mol. The number of nitrogens with zero attached hydrogens (tertiary/aromatic N) is 2. The minimum absolute atomic E-state index is 0.0407. The molecule has 2 aromatic rings. The number of benzene rings is 2. The molecule has 3 rings (SSSR count). The van der Waals surface area contributed by atoms with E-state index in [1.165, 1.54) is 30.0 Å². The van der Waals surface area contributed by atoms with Gasteiger partial charge in [-0.15, -0.1) is 0 Å². The van der Waals surface area contributed by atoms with E-state index < -0.39 is 10.9 Å². The Balaban J connectivity index is 1.71. The Morgan fingerprint density at radius 1 is 1.30 bits per heavy atom. The van der Waals surface area contributed by atoms with E-state index in [0.717, 1.165) is 18.1 Å². The van der Waals surface area contributed by atoms with Crippen molar-refractivity contribution in [3.63, 3.8) is 0 Å². The zero-order chi connectivity index (χ0) is 21.8. The highest BCUT2D eigenvalue weighted by Gasteiger charge is 2.34. The van der Waals surface area contributed by atoms with Crippen molar-refractivity contribution in [2.75, 3.05) is 0 Å². The van der Waals surface area contributed by atoms with Gasteiger partial charge in [-0.2, -0.15) is 0 Å². The topological polar surface area (TPSA) is 89.8 Å².